The number of aliphatic hydroxyl groups is 2. The van der Waals surface area contributed by atoms with Crippen LogP contribution in [-0.2, 0) is 9.84 Å². The minimum Gasteiger partial charge on any atom is -0.396 e. The van der Waals surface area contributed by atoms with Crippen LogP contribution in [0.2, 0.25) is 0 Å². The summed E-state index contributed by atoms with van der Waals surface area (Å²) in [5, 5.41) is 21.4. The summed E-state index contributed by atoms with van der Waals surface area (Å²) in [4.78, 5) is 0. The molecule has 1 aliphatic heterocycles. The molecule has 0 aromatic carbocycles. The molecule has 0 spiro atoms. The van der Waals surface area contributed by atoms with Gasteiger partial charge in [-0.15, -0.1) is 0 Å². The third-order valence-electron chi connectivity index (χ3n) is 3.14. The Morgan fingerprint density at radius 3 is 2.19 bits per heavy atom. The van der Waals surface area contributed by atoms with Crippen molar-refractivity contribution >= 4 is 9.84 Å². The molecule has 0 aromatic rings. The molecule has 0 bridgehead atoms. The van der Waals surface area contributed by atoms with Crippen LogP contribution >= 0.6 is 0 Å². The topological polar surface area (TPSA) is 86.6 Å². The van der Waals surface area contributed by atoms with E-state index >= 15 is 0 Å². The van der Waals surface area contributed by atoms with Gasteiger partial charge in [0.05, 0.1) is 24.7 Å². The summed E-state index contributed by atoms with van der Waals surface area (Å²) < 4.78 is 22.4. The molecule has 0 aromatic heterocycles. The summed E-state index contributed by atoms with van der Waals surface area (Å²) in [7, 11) is -2.82. The third kappa shape index (κ3) is 4.01. The molecule has 1 heterocycles. The summed E-state index contributed by atoms with van der Waals surface area (Å²) in [6, 6.07) is 0.181. The van der Waals surface area contributed by atoms with Crippen molar-refractivity contribution in [1.29, 1.82) is 0 Å². The third-order valence-corrected chi connectivity index (χ3v) is 4.85. The molecule has 96 valence electrons. The van der Waals surface area contributed by atoms with Gasteiger partial charge in [-0.05, 0) is 12.8 Å². The number of sulfone groups is 1. The lowest BCUT2D eigenvalue weighted by atomic mass is 9.92. The maximum absolute atomic E-state index is 11.2. The highest BCUT2D eigenvalue weighted by Gasteiger charge is 2.27. The van der Waals surface area contributed by atoms with Crippen LogP contribution in [0.3, 0.4) is 0 Å². The first-order chi connectivity index (χ1) is 7.41. The van der Waals surface area contributed by atoms with Crippen LogP contribution in [0.15, 0.2) is 0 Å². The van der Waals surface area contributed by atoms with Gasteiger partial charge in [0.25, 0.3) is 0 Å². The molecular weight excluding hydrogens is 230 g/mol. The lowest BCUT2D eigenvalue weighted by molar-refractivity contribution is 0.0669. The van der Waals surface area contributed by atoms with Gasteiger partial charge in [-0.2, -0.15) is 0 Å². The average Bonchev–Trinajstić information content (AvgIpc) is 2.27. The van der Waals surface area contributed by atoms with E-state index in [1.54, 1.807) is 6.92 Å². The standard InChI is InChI=1S/C10H21NO4S/c1-10(7-12,8-13)6-11-9-2-4-16(14,15)5-3-9/h9,11-13H,2-8H2,1H3. The molecule has 0 radical (unpaired) electrons. The Kier molecular flexibility index (Phi) is 4.73. The molecule has 1 aliphatic rings. The predicted molar refractivity (Wildman–Crippen MR) is 62.0 cm³/mol. The SMILES string of the molecule is CC(CO)(CO)CNC1CCS(=O)(=O)CC1. The maximum Gasteiger partial charge on any atom is 0.150 e. The Labute approximate surface area is 96.8 Å². The predicted octanol–water partition coefficient (Wildman–Crippen LogP) is -0.856. The number of rotatable bonds is 5. The fourth-order valence-corrected chi connectivity index (χ4v) is 3.14. The molecule has 6 heteroatoms. The number of hydrogen-bond donors (Lipinski definition) is 3. The van der Waals surface area contributed by atoms with E-state index in [2.05, 4.69) is 5.32 Å². The second kappa shape index (κ2) is 5.44. The first-order valence-corrected chi connectivity index (χ1v) is 7.38. The van der Waals surface area contributed by atoms with E-state index in [0.717, 1.165) is 0 Å². The summed E-state index contributed by atoms with van der Waals surface area (Å²) in [6.45, 7) is 2.13. The summed E-state index contributed by atoms with van der Waals surface area (Å²) in [5.41, 5.74) is -0.531. The minimum absolute atomic E-state index is 0.0818. The zero-order chi connectivity index (χ0) is 12.2. The first-order valence-electron chi connectivity index (χ1n) is 5.56. The van der Waals surface area contributed by atoms with Gasteiger partial charge in [0, 0.05) is 18.0 Å². The maximum atomic E-state index is 11.2. The second-order valence-corrected chi connectivity index (χ2v) is 7.24. The van der Waals surface area contributed by atoms with Gasteiger partial charge < -0.3 is 15.5 Å². The molecule has 1 saturated heterocycles. The molecule has 3 N–H and O–H groups in total. The van der Waals surface area contributed by atoms with Gasteiger partial charge in [0.1, 0.15) is 9.84 Å². The van der Waals surface area contributed by atoms with E-state index in [1.165, 1.54) is 0 Å². The fourth-order valence-electron chi connectivity index (χ4n) is 1.65. The number of aliphatic hydroxyl groups excluding tert-OH is 2. The van der Waals surface area contributed by atoms with Crippen LogP contribution in [0, 0.1) is 5.41 Å². The fraction of sp³-hybridized carbons (Fsp3) is 1.00. The van der Waals surface area contributed by atoms with Crippen molar-refractivity contribution in [3.8, 4) is 0 Å². The Bertz CT molecular complexity index is 297. The van der Waals surface area contributed by atoms with Gasteiger partial charge in [-0.1, -0.05) is 6.92 Å². The van der Waals surface area contributed by atoms with Crippen LogP contribution in [0.4, 0.5) is 0 Å². The van der Waals surface area contributed by atoms with Crippen molar-refractivity contribution in [2.45, 2.75) is 25.8 Å². The zero-order valence-corrected chi connectivity index (χ0v) is 10.5. The first kappa shape index (κ1) is 13.9. The van der Waals surface area contributed by atoms with E-state index in [4.69, 9.17) is 10.2 Å². The van der Waals surface area contributed by atoms with Crippen molar-refractivity contribution in [3.05, 3.63) is 0 Å². The van der Waals surface area contributed by atoms with Gasteiger partial charge >= 0.3 is 0 Å². The minimum atomic E-state index is -2.82. The highest BCUT2D eigenvalue weighted by molar-refractivity contribution is 7.91. The molecular formula is C10H21NO4S. The Hall–Kier alpha value is -0.170. The van der Waals surface area contributed by atoms with Gasteiger partial charge in [0.15, 0.2) is 0 Å². The average molecular weight is 251 g/mol. The van der Waals surface area contributed by atoms with Crippen molar-refractivity contribution in [3.63, 3.8) is 0 Å². The molecule has 1 fully saturated rings. The van der Waals surface area contributed by atoms with Crippen LogP contribution < -0.4 is 5.32 Å². The van der Waals surface area contributed by atoms with E-state index in [9.17, 15) is 8.42 Å². The van der Waals surface area contributed by atoms with Crippen molar-refractivity contribution in [2.24, 2.45) is 5.41 Å². The van der Waals surface area contributed by atoms with E-state index in [1.807, 2.05) is 0 Å². The molecule has 1 rings (SSSR count). The van der Waals surface area contributed by atoms with E-state index in [-0.39, 0.29) is 30.8 Å². The normalized spacial score (nSPS) is 22.2. The quantitative estimate of drug-likeness (QED) is 0.592. The highest BCUT2D eigenvalue weighted by Crippen LogP contribution is 2.16. The van der Waals surface area contributed by atoms with Gasteiger partial charge in [-0.25, -0.2) is 8.42 Å². The Morgan fingerprint density at radius 2 is 1.75 bits per heavy atom. The second-order valence-electron chi connectivity index (χ2n) is 4.93. The monoisotopic (exact) mass is 251 g/mol. The molecule has 5 nitrogen and oxygen atoms in total. The summed E-state index contributed by atoms with van der Waals surface area (Å²) >= 11 is 0. The van der Waals surface area contributed by atoms with Crippen molar-refractivity contribution in [2.75, 3.05) is 31.3 Å². The molecule has 0 atom stereocenters. The number of nitrogens with one attached hydrogen (secondary N) is 1. The lowest BCUT2D eigenvalue weighted by Gasteiger charge is -2.30. The van der Waals surface area contributed by atoms with Crippen LogP contribution in [0.1, 0.15) is 19.8 Å². The van der Waals surface area contributed by atoms with Crippen molar-refractivity contribution in [1.82, 2.24) is 5.32 Å². The number of hydrogen-bond acceptors (Lipinski definition) is 5. The summed E-state index contributed by atoms with van der Waals surface area (Å²) in [5.74, 6) is 0.471. The smallest absolute Gasteiger partial charge is 0.150 e. The van der Waals surface area contributed by atoms with E-state index in [0.29, 0.717) is 19.4 Å². The van der Waals surface area contributed by atoms with Crippen LogP contribution in [0.5, 0.6) is 0 Å². The van der Waals surface area contributed by atoms with Crippen LogP contribution in [0.25, 0.3) is 0 Å². The zero-order valence-electron chi connectivity index (χ0n) is 9.65. The van der Waals surface area contributed by atoms with E-state index < -0.39 is 15.3 Å². The molecule has 16 heavy (non-hydrogen) atoms. The van der Waals surface area contributed by atoms with Crippen molar-refractivity contribution < 1.29 is 18.6 Å². The molecule has 0 aliphatic carbocycles. The Balaban J connectivity index is 2.35. The van der Waals surface area contributed by atoms with Gasteiger partial charge in [-0.3, -0.25) is 0 Å². The molecule has 0 saturated carbocycles. The Morgan fingerprint density at radius 1 is 1.25 bits per heavy atom. The molecule has 0 amide bonds. The van der Waals surface area contributed by atoms with Crippen LogP contribution in [-0.4, -0.2) is 55.9 Å². The lowest BCUT2D eigenvalue weighted by Crippen LogP contribution is -2.45. The largest absolute Gasteiger partial charge is 0.396 e. The summed E-state index contributed by atoms with van der Waals surface area (Å²) in [6.07, 6.45) is 1.24. The molecule has 0 unspecified atom stereocenters. The highest BCUT2D eigenvalue weighted by atomic mass is 32.2. The van der Waals surface area contributed by atoms with Gasteiger partial charge in [0.2, 0.25) is 0 Å².